The van der Waals surface area contributed by atoms with Crippen molar-refractivity contribution >= 4 is 34.1 Å². The Morgan fingerprint density at radius 3 is 2.97 bits per heavy atom. The highest BCUT2D eigenvalue weighted by atomic mass is 35.5. The number of likely N-dealkylation sites (tertiary alicyclic amines) is 1. The number of fused-ring (bicyclic) bond motifs is 1. The summed E-state index contributed by atoms with van der Waals surface area (Å²) in [5.41, 5.74) is 6.39. The Bertz CT molecular complexity index is 893. The molecule has 3 heterocycles. The van der Waals surface area contributed by atoms with Crippen LogP contribution in [0.3, 0.4) is 0 Å². The number of nitrogens with zero attached hydrogens (tertiary/aromatic N) is 2. The first-order valence-electron chi connectivity index (χ1n) is 10.1. The summed E-state index contributed by atoms with van der Waals surface area (Å²) in [7, 11) is 0. The third-order valence-corrected chi connectivity index (χ3v) is 6.34. The Morgan fingerprint density at radius 2 is 2.24 bits per heavy atom. The van der Waals surface area contributed by atoms with E-state index < -0.39 is 5.60 Å². The maximum atomic E-state index is 12.8. The van der Waals surface area contributed by atoms with Crippen molar-refractivity contribution in [2.24, 2.45) is 5.92 Å². The van der Waals surface area contributed by atoms with E-state index in [1.807, 2.05) is 0 Å². The number of pyridine rings is 1. The number of aromatic nitrogens is 1. The van der Waals surface area contributed by atoms with Crippen LogP contribution in [-0.2, 0) is 4.74 Å². The number of nitrogen functional groups attached to an aromatic ring is 1. The van der Waals surface area contributed by atoms with Crippen LogP contribution >= 0.6 is 11.6 Å². The van der Waals surface area contributed by atoms with E-state index >= 15 is 0 Å². The molecule has 0 aliphatic carbocycles. The lowest BCUT2D eigenvalue weighted by Crippen LogP contribution is -2.51. The van der Waals surface area contributed by atoms with Crippen molar-refractivity contribution in [2.45, 2.75) is 24.9 Å². The molecule has 1 atom stereocenters. The summed E-state index contributed by atoms with van der Waals surface area (Å²) in [5, 5.41) is 14.8. The van der Waals surface area contributed by atoms with E-state index in [-0.39, 0.29) is 12.5 Å². The SMILES string of the molecule is Nc1c(Cl)cc(C(=O)NCC2(O)CCN(CC3CCOC3)CC2)c2ncccc12. The molecular weight excluding hydrogens is 392 g/mol. The van der Waals surface area contributed by atoms with Crippen LogP contribution in [-0.4, -0.2) is 65.9 Å². The Kier molecular flexibility index (Phi) is 5.92. The van der Waals surface area contributed by atoms with E-state index in [2.05, 4.69) is 15.2 Å². The summed E-state index contributed by atoms with van der Waals surface area (Å²) in [6, 6.07) is 5.09. The van der Waals surface area contributed by atoms with Crippen molar-refractivity contribution in [1.29, 1.82) is 0 Å². The lowest BCUT2D eigenvalue weighted by molar-refractivity contribution is -0.0220. The summed E-state index contributed by atoms with van der Waals surface area (Å²) in [4.78, 5) is 19.5. The van der Waals surface area contributed by atoms with Crippen LogP contribution in [0.4, 0.5) is 5.69 Å². The Balaban J connectivity index is 1.37. The van der Waals surface area contributed by atoms with Gasteiger partial charge in [-0.2, -0.15) is 0 Å². The molecule has 4 rings (SSSR count). The van der Waals surface area contributed by atoms with E-state index in [1.165, 1.54) is 6.07 Å². The monoisotopic (exact) mass is 418 g/mol. The second-order valence-corrected chi connectivity index (χ2v) is 8.56. The minimum atomic E-state index is -0.904. The van der Waals surface area contributed by atoms with Gasteiger partial charge in [0.15, 0.2) is 0 Å². The molecular formula is C21H27ClN4O3. The standard InChI is InChI=1S/C21H27ClN4O3/c22-17-10-16(19-15(18(17)23)2-1-6-24-19)20(27)25-13-21(28)4-7-26(8-5-21)11-14-3-9-29-12-14/h1-2,6,10,14,28H,3-5,7-9,11-13,23H2,(H,25,27). The number of anilines is 1. The number of ether oxygens (including phenoxy) is 1. The third kappa shape index (κ3) is 4.48. The Labute approximate surface area is 175 Å². The summed E-state index contributed by atoms with van der Waals surface area (Å²) < 4.78 is 5.45. The van der Waals surface area contributed by atoms with Crippen molar-refractivity contribution in [3.05, 3.63) is 35.0 Å². The zero-order chi connectivity index (χ0) is 20.4. The molecule has 7 nitrogen and oxygen atoms in total. The average molecular weight is 419 g/mol. The predicted octanol–water partition coefficient (Wildman–Crippen LogP) is 2.06. The van der Waals surface area contributed by atoms with Gasteiger partial charge in [0.1, 0.15) is 0 Å². The fourth-order valence-electron chi connectivity index (χ4n) is 4.17. The first-order chi connectivity index (χ1) is 14.0. The number of rotatable bonds is 5. The minimum absolute atomic E-state index is 0.197. The molecule has 1 amide bonds. The summed E-state index contributed by atoms with van der Waals surface area (Å²) >= 11 is 6.20. The molecule has 0 bridgehead atoms. The number of nitrogens with one attached hydrogen (secondary N) is 1. The molecule has 2 aliphatic heterocycles. The van der Waals surface area contributed by atoms with Crippen molar-refractivity contribution in [2.75, 3.05) is 45.1 Å². The van der Waals surface area contributed by atoms with Gasteiger partial charge in [0.05, 0.1) is 34.0 Å². The quantitative estimate of drug-likeness (QED) is 0.642. The summed E-state index contributed by atoms with van der Waals surface area (Å²) in [5.74, 6) is 0.284. The molecule has 4 N–H and O–H groups in total. The molecule has 1 unspecified atom stereocenters. The van der Waals surface area contributed by atoms with Crippen molar-refractivity contribution in [1.82, 2.24) is 15.2 Å². The van der Waals surface area contributed by atoms with Gasteiger partial charge in [-0.05, 0) is 43.4 Å². The van der Waals surface area contributed by atoms with Crippen LogP contribution in [0.1, 0.15) is 29.6 Å². The van der Waals surface area contributed by atoms with E-state index in [0.29, 0.717) is 45.9 Å². The van der Waals surface area contributed by atoms with Crippen LogP contribution in [0, 0.1) is 5.92 Å². The first-order valence-corrected chi connectivity index (χ1v) is 10.5. The number of carbonyl (C=O) groups excluding carboxylic acids is 1. The lowest BCUT2D eigenvalue weighted by atomic mass is 9.90. The molecule has 1 aromatic carbocycles. The lowest BCUT2D eigenvalue weighted by Gasteiger charge is -2.39. The van der Waals surface area contributed by atoms with Gasteiger partial charge in [-0.1, -0.05) is 11.6 Å². The second-order valence-electron chi connectivity index (χ2n) is 8.16. The van der Waals surface area contributed by atoms with Crippen molar-refractivity contribution in [3.8, 4) is 0 Å². The van der Waals surface area contributed by atoms with Gasteiger partial charge in [0.25, 0.3) is 5.91 Å². The van der Waals surface area contributed by atoms with Crippen LogP contribution in [0.15, 0.2) is 24.4 Å². The molecule has 1 aromatic heterocycles. The predicted molar refractivity (Wildman–Crippen MR) is 113 cm³/mol. The number of aliphatic hydroxyl groups is 1. The van der Waals surface area contributed by atoms with Gasteiger partial charge in [-0.25, -0.2) is 0 Å². The van der Waals surface area contributed by atoms with Crippen LogP contribution in [0.5, 0.6) is 0 Å². The molecule has 0 saturated carbocycles. The number of piperidine rings is 1. The zero-order valence-electron chi connectivity index (χ0n) is 16.4. The number of nitrogens with two attached hydrogens (primary N) is 1. The van der Waals surface area contributed by atoms with E-state index in [9.17, 15) is 9.90 Å². The zero-order valence-corrected chi connectivity index (χ0v) is 17.1. The number of amides is 1. The van der Waals surface area contributed by atoms with E-state index in [1.54, 1.807) is 18.3 Å². The highest BCUT2D eigenvalue weighted by Crippen LogP contribution is 2.30. The molecule has 0 spiro atoms. The summed E-state index contributed by atoms with van der Waals surface area (Å²) in [6.45, 7) is 4.55. The largest absolute Gasteiger partial charge is 0.397 e. The van der Waals surface area contributed by atoms with Gasteiger partial charge >= 0.3 is 0 Å². The molecule has 8 heteroatoms. The van der Waals surface area contributed by atoms with Crippen LogP contribution < -0.4 is 11.1 Å². The maximum Gasteiger partial charge on any atom is 0.253 e. The molecule has 156 valence electrons. The van der Waals surface area contributed by atoms with E-state index in [0.717, 1.165) is 39.3 Å². The number of benzene rings is 1. The summed E-state index contributed by atoms with van der Waals surface area (Å²) in [6.07, 6.45) is 3.98. The van der Waals surface area contributed by atoms with Crippen LogP contribution in [0.2, 0.25) is 5.02 Å². The average Bonchev–Trinajstić information content (AvgIpc) is 3.24. The fourth-order valence-corrected chi connectivity index (χ4v) is 4.38. The molecule has 0 radical (unpaired) electrons. The number of hydrogen-bond donors (Lipinski definition) is 3. The molecule has 2 saturated heterocycles. The molecule has 2 aromatic rings. The van der Waals surface area contributed by atoms with Crippen molar-refractivity contribution in [3.63, 3.8) is 0 Å². The fraction of sp³-hybridized carbons (Fsp3) is 0.524. The number of hydrogen-bond acceptors (Lipinski definition) is 6. The Hall–Kier alpha value is -1.93. The van der Waals surface area contributed by atoms with Crippen molar-refractivity contribution < 1.29 is 14.6 Å². The Morgan fingerprint density at radius 1 is 1.45 bits per heavy atom. The van der Waals surface area contributed by atoms with Gasteiger partial charge in [-0.15, -0.1) is 0 Å². The molecule has 2 fully saturated rings. The number of carbonyl (C=O) groups is 1. The topological polar surface area (TPSA) is 101 Å². The molecule has 29 heavy (non-hydrogen) atoms. The normalized spacial score (nSPS) is 22.1. The van der Waals surface area contributed by atoms with E-state index in [4.69, 9.17) is 22.1 Å². The van der Waals surface area contributed by atoms with Gasteiger partial charge in [-0.3, -0.25) is 9.78 Å². The van der Waals surface area contributed by atoms with Gasteiger partial charge in [0.2, 0.25) is 0 Å². The first kappa shape index (κ1) is 20.3. The highest BCUT2D eigenvalue weighted by Gasteiger charge is 2.34. The van der Waals surface area contributed by atoms with Gasteiger partial charge < -0.3 is 25.8 Å². The highest BCUT2D eigenvalue weighted by molar-refractivity contribution is 6.35. The molecule has 2 aliphatic rings. The number of halogens is 1. The smallest absolute Gasteiger partial charge is 0.253 e. The van der Waals surface area contributed by atoms with Crippen LogP contribution in [0.25, 0.3) is 10.9 Å². The minimum Gasteiger partial charge on any atom is -0.397 e. The maximum absolute atomic E-state index is 12.8. The third-order valence-electron chi connectivity index (χ3n) is 6.03. The van der Waals surface area contributed by atoms with Gasteiger partial charge in [0, 0.05) is 44.4 Å². The second kappa shape index (κ2) is 8.44.